The predicted octanol–water partition coefficient (Wildman–Crippen LogP) is 4.16. The second kappa shape index (κ2) is 6.26. The van der Waals surface area contributed by atoms with E-state index in [9.17, 15) is 4.79 Å². The van der Waals surface area contributed by atoms with Gasteiger partial charge in [-0.25, -0.2) is 9.67 Å². The lowest BCUT2D eigenvalue weighted by Gasteiger charge is -2.12. The third-order valence-electron chi connectivity index (χ3n) is 4.99. The van der Waals surface area contributed by atoms with Crippen LogP contribution in [0.3, 0.4) is 0 Å². The number of aromatic amines is 1. The van der Waals surface area contributed by atoms with Crippen LogP contribution in [-0.4, -0.2) is 30.7 Å². The molecule has 0 radical (unpaired) electrons. The molecule has 2 atom stereocenters. The summed E-state index contributed by atoms with van der Waals surface area (Å²) >= 11 is 6.02. The summed E-state index contributed by atoms with van der Waals surface area (Å²) in [6.07, 6.45) is 4.32. The van der Waals surface area contributed by atoms with Gasteiger partial charge in [0.15, 0.2) is 11.4 Å². The zero-order valence-corrected chi connectivity index (χ0v) is 15.0. The minimum Gasteiger partial charge on any atom is -0.292 e. The molecule has 6 nitrogen and oxygen atoms in total. The molecule has 130 valence electrons. The molecular formula is C18H20ClN5O. The van der Waals surface area contributed by atoms with Crippen LogP contribution >= 0.6 is 11.6 Å². The Morgan fingerprint density at radius 3 is 2.96 bits per heavy atom. The highest BCUT2D eigenvalue weighted by Crippen LogP contribution is 2.37. The Morgan fingerprint density at radius 1 is 1.36 bits per heavy atom. The number of Topliss-reactive ketones (excluding diaryl/α,β-unsaturated/α-hetero) is 1. The normalized spacial score (nSPS) is 20.6. The molecule has 0 saturated heterocycles. The fourth-order valence-corrected chi connectivity index (χ4v) is 3.71. The van der Waals surface area contributed by atoms with Crippen LogP contribution in [0.5, 0.6) is 0 Å². The largest absolute Gasteiger partial charge is 0.292 e. The van der Waals surface area contributed by atoms with Crippen molar-refractivity contribution in [3.05, 3.63) is 40.9 Å². The van der Waals surface area contributed by atoms with Crippen molar-refractivity contribution in [3.63, 3.8) is 0 Å². The molecule has 4 rings (SSSR count). The molecular weight excluding hydrogens is 338 g/mol. The van der Waals surface area contributed by atoms with E-state index in [0.717, 1.165) is 36.0 Å². The first-order valence-corrected chi connectivity index (χ1v) is 9.00. The van der Waals surface area contributed by atoms with Gasteiger partial charge < -0.3 is 0 Å². The number of pyridine rings is 1. The fourth-order valence-electron chi connectivity index (χ4n) is 3.56. The predicted molar refractivity (Wildman–Crippen MR) is 95.9 cm³/mol. The Morgan fingerprint density at radius 2 is 2.20 bits per heavy atom. The highest BCUT2D eigenvalue weighted by atomic mass is 35.5. The van der Waals surface area contributed by atoms with Crippen molar-refractivity contribution in [1.82, 2.24) is 25.0 Å². The number of carbonyl (C=O) groups is 1. The molecule has 3 aromatic rings. The average Bonchev–Trinajstić information content (AvgIpc) is 3.32. The number of aromatic nitrogens is 5. The van der Waals surface area contributed by atoms with Gasteiger partial charge in [-0.2, -0.15) is 10.2 Å². The number of nitrogens with one attached hydrogen (secondary N) is 1. The molecule has 0 aliphatic heterocycles. The summed E-state index contributed by atoms with van der Waals surface area (Å²) in [6.45, 7) is 4.13. The topological polar surface area (TPSA) is 76.5 Å². The van der Waals surface area contributed by atoms with Crippen LogP contribution < -0.4 is 0 Å². The summed E-state index contributed by atoms with van der Waals surface area (Å²) in [6, 6.07) is 5.74. The highest BCUT2D eigenvalue weighted by molar-refractivity contribution is 6.29. The van der Waals surface area contributed by atoms with Crippen molar-refractivity contribution in [2.45, 2.75) is 45.1 Å². The molecule has 1 unspecified atom stereocenters. The maximum atomic E-state index is 12.8. The van der Waals surface area contributed by atoms with Crippen molar-refractivity contribution in [2.75, 3.05) is 0 Å². The van der Waals surface area contributed by atoms with E-state index in [4.69, 9.17) is 11.6 Å². The third kappa shape index (κ3) is 2.95. The smallest absolute Gasteiger partial charge is 0.183 e. The van der Waals surface area contributed by atoms with E-state index in [-0.39, 0.29) is 17.7 Å². The Kier molecular flexibility index (Phi) is 4.07. The Labute approximate surface area is 150 Å². The van der Waals surface area contributed by atoms with E-state index in [1.165, 1.54) is 0 Å². The van der Waals surface area contributed by atoms with Crippen LogP contribution in [-0.2, 0) is 0 Å². The summed E-state index contributed by atoms with van der Waals surface area (Å²) < 4.78 is 1.92. The van der Waals surface area contributed by atoms with Crippen LogP contribution in [0.4, 0.5) is 0 Å². The lowest BCUT2D eigenvalue weighted by molar-refractivity contribution is 0.0915. The molecule has 0 spiro atoms. The summed E-state index contributed by atoms with van der Waals surface area (Å²) in [5.74, 6) is 0.439. The van der Waals surface area contributed by atoms with E-state index in [1.54, 1.807) is 12.3 Å². The maximum absolute atomic E-state index is 12.8. The maximum Gasteiger partial charge on any atom is 0.183 e. The van der Waals surface area contributed by atoms with Gasteiger partial charge in [0.25, 0.3) is 0 Å². The third-order valence-corrected chi connectivity index (χ3v) is 5.20. The number of hydrogen-bond acceptors (Lipinski definition) is 4. The van der Waals surface area contributed by atoms with E-state index < -0.39 is 0 Å². The highest BCUT2D eigenvalue weighted by Gasteiger charge is 2.33. The number of nitrogens with zero attached hydrogens (tertiary/aromatic N) is 4. The molecule has 1 N–H and O–H groups in total. The van der Waals surface area contributed by atoms with E-state index in [2.05, 4.69) is 34.1 Å². The zero-order chi connectivity index (χ0) is 17.6. The van der Waals surface area contributed by atoms with Gasteiger partial charge in [-0.1, -0.05) is 25.4 Å². The first-order chi connectivity index (χ1) is 12.0. The second-order valence-electron chi connectivity index (χ2n) is 7.03. The lowest BCUT2D eigenvalue weighted by atomic mass is 9.99. The van der Waals surface area contributed by atoms with E-state index in [0.29, 0.717) is 16.8 Å². The lowest BCUT2D eigenvalue weighted by Crippen LogP contribution is -2.14. The van der Waals surface area contributed by atoms with Crippen molar-refractivity contribution in [3.8, 4) is 0 Å². The number of carbonyl (C=O) groups excluding carboxylic acids is 1. The molecule has 3 aromatic heterocycles. The van der Waals surface area contributed by atoms with Gasteiger partial charge in [-0.15, -0.1) is 0 Å². The first-order valence-electron chi connectivity index (χ1n) is 8.62. The quantitative estimate of drug-likeness (QED) is 0.562. The summed E-state index contributed by atoms with van der Waals surface area (Å²) in [7, 11) is 0. The van der Waals surface area contributed by atoms with Crippen molar-refractivity contribution in [2.24, 2.45) is 5.92 Å². The molecule has 1 saturated carbocycles. The molecule has 25 heavy (non-hydrogen) atoms. The van der Waals surface area contributed by atoms with Crippen molar-refractivity contribution >= 4 is 28.4 Å². The van der Waals surface area contributed by atoms with Crippen LogP contribution in [0.15, 0.2) is 24.4 Å². The van der Waals surface area contributed by atoms with Gasteiger partial charge >= 0.3 is 0 Å². The van der Waals surface area contributed by atoms with Crippen molar-refractivity contribution in [1.29, 1.82) is 0 Å². The molecule has 0 bridgehead atoms. The summed E-state index contributed by atoms with van der Waals surface area (Å²) in [5.41, 5.74) is 2.32. The van der Waals surface area contributed by atoms with E-state index >= 15 is 0 Å². The summed E-state index contributed by atoms with van der Waals surface area (Å²) in [5, 5.41) is 13.0. The van der Waals surface area contributed by atoms with Gasteiger partial charge in [0.05, 0.1) is 17.9 Å². The van der Waals surface area contributed by atoms with Crippen LogP contribution in [0.1, 0.15) is 61.3 Å². The SMILES string of the molecule is CC(C)c1cc(C(=O)C2CC[C@@H](n3ncc4ccc(Cl)nc43)C2)[nH]n1. The van der Waals surface area contributed by atoms with Crippen molar-refractivity contribution < 1.29 is 4.79 Å². The van der Waals surface area contributed by atoms with Gasteiger partial charge in [0.1, 0.15) is 10.8 Å². The molecule has 1 aliphatic rings. The number of ketones is 1. The molecule has 1 aliphatic carbocycles. The number of hydrogen-bond donors (Lipinski definition) is 1. The number of H-pyrrole nitrogens is 1. The Balaban J connectivity index is 1.54. The van der Waals surface area contributed by atoms with Gasteiger partial charge in [-0.05, 0) is 43.4 Å². The first kappa shape index (κ1) is 16.3. The monoisotopic (exact) mass is 357 g/mol. The zero-order valence-electron chi connectivity index (χ0n) is 14.2. The Hall–Kier alpha value is -2.21. The standard InChI is InChI=1S/C18H20ClN5O/c1-10(2)14-8-15(23-22-14)17(25)11-3-5-13(7-11)24-18-12(9-20-24)4-6-16(19)21-18/h4,6,8-11,13H,3,5,7H2,1-2H3,(H,22,23)/t11?,13-/m1/s1. The second-order valence-corrected chi connectivity index (χ2v) is 7.41. The van der Waals surface area contributed by atoms with Gasteiger partial charge in [0.2, 0.25) is 0 Å². The van der Waals surface area contributed by atoms with Gasteiger partial charge in [-0.3, -0.25) is 9.89 Å². The minimum absolute atomic E-state index is 0.0103. The molecule has 0 amide bonds. The van der Waals surface area contributed by atoms with Crippen LogP contribution in [0, 0.1) is 5.92 Å². The Bertz CT molecular complexity index is 929. The average molecular weight is 358 g/mol. The summed E-state index contributed by atoms with van der Waals surface area (Å²) in [4.78, 5) is 17.2. The minimum atomic E-state index is -0.0103. The van der Waals surface area contributed by atoms with E-state index in [1.807, 2.05) is 16.8 Å². The number of fused-ring (bicyclic) bond motifs is 1. The molecule has 7 heteroatoms. The molecule has 0 aromatic carbocycles. The molecule has 3 heterocycles. The fraction of sp³-hybridized carbons (Fsp3) is 0.444. The van der Waals surface area contributed by atoms with Crippen LogP contribution in [0.2, 0.25) is 5.15 Å². The number of halogens is 1. The molecule has 1 fully saturated rings. The van der Waals surface area contributed by atoms with Crippen LogP contribution in [0.25, 0.3) is 11.0 Å². The number of rotatable bonds is 4. The van der Waals surface area contributed by atoms with Gasteiger partial charge in [0, 0.05) is 11.3 Å².